The van der Waals surface area contributed by atoms with Crippen molar-refractivity contribution in [2.75, 3.05) is 30.1 Å². The number of amides is 1. The summed E-state index contributed by atoms with van der Waals surface area (Å²) in [6.45, 7) is 0. The Kier molecular flexibility index (Phi) is 3.79. The molecule has 3 rings (SSSR count). The quantitative estimate of drug-likeness (QED) is 0.943. The van der Waals surface area contributed by atoms with E-state index in [0.29, 0.717) is 11.8 Å². The van der Waals surface area contributed by atoms with Crippen LogP contribution in [0.5, 0.6) is 0 Å². The third-order valence-corrected chi connectivity index (χ3v) is 4.49. The van der Waals surface area contributed by atoms with Crippen molar-refractivity contribution in [1.82, 2.24) is 9.97 Å². The van der Waals surface area contributed by atoms with E-state index in [-0.39, 0.29) is 11.8 Å². The fraction of sp³-hybridized carbons (Fsp3) is 0.267. The van der Waals surface area contributed by atoms with Crippen molar-refractivity contribution >= 4 is 29.4 Å². The van der Waals surface area contributed by atoms with E-state index in [1.54, 1.807) is 28.9 Å². The smallest absolute Gasteiger partial charge is 0.233 e. The highest BCUT2D eigenvalue weighted by Crippen LogP contribution is 2.39. The summed E-state index contributed by atoms with van der Waals surface area (Å²) in [5, 5.41) is 2.89. The zero-order chi connectivity index (χ0) is 14.8. The Labute approximate surface area is 127 Å². The normalized spacial score (nSPS) is 16.4. The van der Waals surface area contributed by atoms with Crippen LogP contribution in [0.1, 0.15) is 11.5 Å². The maximum absolute atomic E-state index is 12.5. The molecule has 2 aromatic rings. The molecule has 1 aliphatic heterocycles. The van der Waals surface area contributed by atoms with Gasteiger partial charge >= 0.3 is 0 Å². The van der Waals surface area contributed by atoms with Crippen molar-refractivity contribution in [2.45, 2.75) is 10.8 Å². The molecule has 0 saturated heterocycles. The van der Waals surface area contributed by atoms with Crippen LogP contribution in [0, 0.1) is 0 Å². The lowest BCUT2D eigenvalue weighted by atomic mass is 10.0. The van der Waals surface area contributed by atoms with Gasteiger partial charge in [0, 0.05) is 30.9 Å². The van der Waals surface area contributed by atoms with Crippen LogP contribution in [-0.4, -0.2) is 35.7 Å². The molecule has 5 nitrogen and oxygen atoms in total. The number of anilines is 2. The van der Waals surface area contributed by atoms with E-state index < -0.39 is 0 Å². The number of carbonyl (C=O) groups excluding carboxylic acids is 1. The summed E-state index contributed by atoms with van der Waals surface area (Å²) >= 11 is 1.72. The van der Waals surface area contributed by atoms with Gasteiger partial charge in [0.05, 0.1) is 5.92 Å². The Morgan fingerprint density at radius 2 is 2.14 bits per heavy atom. The molecule has 0 radical (unpaired) electrons. The third kappa shape index (κ3) is 2.85. The van der Waals surface area contributed by atoms with Crippen LogP contribution in [-0.2, 0) is 4.79 Å². The van der Waals surface area contributed by atoms with Crippen LogP contribution in [0.4, 0.5) is 11.8 Å². The van der Waals surface area contributed by atoms with Crippen molar-refractivity contribution in [3.8, 4) is 0 Å². The van der Waals surface area contributed by atoms with Gasteiger partial charge in [0.1, 0.15) is 5.82 Å². The first-order chi connectivity index (χ1) is 10.1. The molecule has 0 bridgehead atoms. The van der Waals surface area contributed by atoms with Crippen LogP contribution in [0.2, 0.25) is 0 Å². The molecular formula is C15H16N4OS. The topological polar surface area (TPSA) is 58.1 Å². The van der Waals surface area contributed by atoms with Gasteiger partial charge in [-0.1, -0.05) is 18.2 Å². The molecule has 1 aromatic carbocycles. The molecule has 1 amide bonds. The Morgan fingerprint density at radius 1 is 1.33 bits per heavy atom. The van der Waals surface area contributed by atoms with Crippen molar-refractivity contribution in [3.63, 3.8) is 0 Å². The fourth-order valence-corrected chi connectivity index (χ4v) is 3.46. The Balaban J connectivity index is 1.77. The zero-order valence-electron chi connectivity index (χ0n) is 11.9. The number of rotatable bonds is 3. The fourth-order valence-electron chi connectivity index (χ4n) is 2.23. The minimum absolute atomic E-state index is 0.0177. The summed E-state index contributed by atoms with van der Waals surface area (Å²) in [5.74, 6) is 1.75. The molecule has 0 fully saturated rings. The van der Waals surface area contributed by atoms with Gasteiger partial charge in [-0.3, -0.25) is 4.79 Å². The molecule has 0 saturated carbocycles. The predicted molar refractivity (Wildman–Crippen MR) is 84.9 cm³/mol. The van der Waals surface area contributed by atoms with Crippen molar-refractivity contribution in [3.05, 3.63) is 42.1 Å². The van der Waals surface area contributed by atoms with Crippen LogP contribution in [0.25, 0.3) is 0 Å². The second kappa shape index (κ2) is 5.73. The SMILES string of the molecule is CN(C)c1nccc(NC(=O)C2CSc3ccccc32)n1. The van der Waals surface area contributed by atoms with Crippen LogP contribution in [0.3, 0.4) is 0 Å². The van der Waals surface area contributed by atoms with Gasteiger partial charge in [0.25, 0.3) is 0 Å². The van der Waals surface area contributed by atoms with Gasteiger partial charge in [-0.25, -0.2) is 4.98 Å². The molecule has 2 heterocycles. The van der Waals surface area contributed by atoms with Crippen LogP contribution < -0.4 is 10.2 Å². The van der Waals surface area contributed by atoms with Gasteiger partial charge < -0.3 is 10.2 Å². The first-order valence-corrected chi connectivity index (χ1v) is 7.66. The van der Waals surface area contributed by atoms with Crippen molar-refractivity contribution in [1.29, 1.82) is 0 Å². The Hall–Kier alpha value is -2.08. The highest BCUT2D eigenvalue weighted by Gasteiger charge is 2.29. The molecule has 1 N–H and O–H groups in total. The minimum atomic E-state index is -0.121. The minimum Gasteiger partial charge on any atom is -0.347 e. The molecule has 1 aliphatic rings. The number of nitrogens with zero attached hydrogens (tertiary/aromatic N) is 3. The third-order valence-electron chi connectivity index (χ3n) is 3.31. The number of aromatic nitrogens is 2. The molecule has 21 heavy (non-hydrogen) atoms. The number of fused-ring (bicyclic) bond motifs is 1. The predicted octanol–water partition coefficient (Wildman–Crippen LogP) is 2.37. The summed E-state index contributed by atoms with van der Waals surface area (Å²) in [6, 6.07) is 9.76. The molecule has 1 atom stereocenters. The second-order valence-corrected chi connectivity index (χ2v) is 6.09. The van der Waals surface area contributed by atoms with Gasteiger partial charge in [-0.15, -0.1) is 11.8 Å². The summed E-state index contributed by atoms with van der Waals surface area (Å²) in [6.07, 6.45) is 1.65. The molecule has 1 aromatic heterocycles. The average molecular weight is 300 g/mol. The molecule has 6 heteroatoms. The number of hydrogen-bond acceptors (Lipinski definition) is 5. The second-order valence-electron chi connectivity index (χ2n) is 5.03. The van der Waals surface area contributed by atoms with Crippen LogP contribution in [0.15, 0.2) is 41.4 Å². The van der Waals surface area contributed by atoms with Crippen molar-refractivity contribution in [2.24, 2.45) is 0 Å². The van der Waals surface area contributed by atoms with Gasteiger partial charge in [0.2, 0.25) is 11.9 Å². The maximum Gasteiger partial charge on any atom is 0.233 e. The Morgan fingerprint density at radius 3 is 2.95 bits per heavy atom. The summed E-state index contributed by atoms with van der Waals surface area (Å²) in [5.41, 5.74) is 1.10. The highest BCUT2D eigenvalue weighted by atomic mass is 32.2. The summed E-state index contributed by atoms with van der Waals surface area (Å²) in [4.78, 5) is 23.9. The van der Waals surface area contributed by atoms with E-state index in [4.69, 9.17) is 0 Å². The number of nitrogens with one attached hydrogen (secondary N) is 1. The zero-order valence-corrected chi connectivity index (χ0v) is 12.7. The van der Waals surface area contributed by atoms with Gasteiger partial charge in [0.15, 0.2) is 0 Å². The highest BCUT2D eigenvalue weighted by molar-refractivity contribution is 7.99. The van der Waals surface area contributed by atoms with Crippen LogP contribution >= 0.6 is 11.8 Å². The number of thioether (sulfide) groups is 1. The van der Waals surface area contributed by atoms with E-state index in [1.165, 1.54) is 4.90 Å². The monoisotopic (exact) mass is 300 g/mol. The van der Waals surface area contributed by atoms with Crippen molar-refractivity contribution < 1.29 is 4.79 Å². The number of carbonyl (C=O) groups is 1. The standard InChI is InChI=1S/C15H16N4OS/c1-19(2)15-16-8-7-13(18-15)17-14(20)11-9-21-12-6-4-3-5-10(11)12/h3-8,11H,9H2,1-2H3,(H,16,17,18,20). The first-order valence-electron chi connectivity index (χ1n) is 6.68. The number of benzene rings is 1. The number of hydrogen-bond donors (Lipinski definition) is 1. The Bertz CT molecular complexity index is 674. The van der Waals surface area contributed by atoms with E-state index in [9.17, 15) is 4.79 Å². The van der Waals surface area contributed by atoms with E-state index in [2.05, 4.69) is 21.4 Å². The first kappa shape index (κ1) is 13.9. The molecule has 0 aliphatic carbocycles. The van der Waals surface area contributed by atoms with E-state index >= 15 is 0 Å². The molecule has 0 spiro atoms. The molecule has 1 unspecified atom stereocenters. The molecular weight excluding hydrogens is 284 g/mol. The molecule has 108 valence electrons. The maximum atomic E-state index is 12.5. The van der Waals surface area contributed by atoms with Gasteiger partial charge in [-0.2, -0.15) is 4.98 Å². The average Bonchev–Trinajstić information content (AvgIpc) is 2.91. The lowest BCUT2D eigenvalue weighted by molar-refractivity contribution is -0.117. The van der Waals surface area contributed by atoms with E-state index in [0.717, 1.165) is 11.3 Å². The van der Waals surface area contributed by atoms with E-state index in [1.807, 2.05) is 32.3 Å². The largest absolute Gasteiger partial charge is 0.347 e. The summed E-state index contributed by atoms with van der Waals surface area (Å²) in [7, 11) is 3.73. The lowest BCUT2D eigenvalue weighted by Crippen LogP contribution is -2.22. The lowest BCUT2D eigenvalue weighted by Gasteiger charge is -2.13. The van der Waals surface area contributed by atoms with Gasteiger partial charge in [-0.05, 0) is 17.7 Å². The summed E-state index contributed by atoms with van der Waals surface area (Å²) < 4.78 is 0.